The number of fused-ring (bicyclic) bond motifs is 1. The van der Waals surface area contributed by atoms with Crippen LogP contribution < -0.4 is 4.74 Å². The van der Waals surface area contributed by atoms with Crippen molar-refractivity contribution < 1.29 is 43.5 Å². The molecule has 10 heteroatoms. The second-order valence-corrected chi connectivity index (χ2v) is 17.0. The number of nitrogens with zero attached hydrogens (tertiary/aromatic N) is 1. The highest BCUT2D eigenvalue weighted by atomic mass is 16.6. The molecule has 3 heterocycles. The zero-order valence-corrected chi connectivity index (χ0v) is 33.9. The topological polar surface area (TPSA) is 132 Å². The number of allylic oxidation sites excluding steroid dienone is 7. The highest BCUT2D eigenvalue weighted by Gasteiger charge is 2.81. The van der Waals surface area contributed by atoms with E-state index in [2.05, 4.69) is 24.8 Å². The molecule has 2 saturated heterocycles. The van der Waals surface area contributed by atoms with Gasteiger partial charge in [0.1, 0.15) is 22.8 Å². The number of ether oxygens (including phenoxy) is 4. The second kappa shape index (κ2) is 15.9. The monoisotopic (exact) mass is 757 g/mol. The van der Waals surface area contributed by atoms with E-state index in [1.54, 1.807) is 19.1 Å². The molecule has 1 saturated carbocycles. The Labute approximate surface area is 325 Å². The molecule has 2 N–H and O–H groups in total. The number of ketones is 2. The van der Waals surface area contributed by atoms with Crippen LogP contribution in [0.3, 0.4) is 0 Å². The molecule has 6 aliphatic rings. The van der Waals surface area contributed by atoms with Crippen LogP contribution in [0.2, 0.25) is 0 Å². The van der Waals surface area contributed by atoms with Gasteiger partial charge in [-0.1, -0.05) is 47.1 Å². The average molecular weight is 758 g/mol. The quantitative estimate of drug-likeness (QED) is 0.0854. The Balaban J connectivity index is 1.36. The number of phenols is 2. The van der Waals surface area contributed by atoms with Gasteiger partial charge in [0.15, 0.2) is 22.8 Å². The Bertz CT molecular complexity index is 1880. The van der Waals surface area contributed by atoms with E-state index in [4.69, 9.17) is 18.9 Å². The van der Waals surface area contributed by atoms with Gasteiger partial charge in [-0.25, -0.2) is 4.79 Å². The largest absolute Gasteiger partial charge is 0.507 e. The van der Waals surface area contributed by atoms with E-state index in [1.165, 1.54) is 5.57 Å². The molecule has 3 fully saturated rings. The van der Waals surface area contributed by atoms with Gasteiger partial charge in [0, 0.05) is 60.2 Å². The third kappa shape index (κ3) is 7.38. The molecule has 298 valence electrons. The number of aromatic hydroxyl groups is 2. The van der Waals surface area contributed by atoms with E-state index in [0.717, 1.165) is 43.6 Å². The predicted molar refractivity (Wildman–Crippen MR) is 211 cm³/mol. The van der Waals surface area contributed by atoms with Crippen molar-refractivity contribution in [2.75, 3.05) is 39.5 Å². The minimum absolute atomic E-state index is 0.00263. The molecule has 10 nitrogen and oxygen atoms in total. The molecule has 1 aromatic rings. The first-order valence-corrected chi connectivity index (χ1v) is 19.9. The van der Waals surface area contributed by atoms with Crippen LogP contribution in [0.5, 0.6) is 17.2 Å². The summed E-state index contributed by atoms with van der Waals surface area (Å²) in [5, 5.41) is 23.8. The first-order valence-electron chi connectivity index (χ1n) is 19.9. The molecule has 3 aliphatic heterocycles. The molecule has 4 unspecified atom stereocenters. The van der Waals surface area contributed by atoms with Crippen LogP contribution in [-0.4, -0.2) is 88.9 Å². The van der Waals surface area contributed by atoms with Crippen LogP contribution in [0.25, 0.3) is 0 Å². The number of esters is 1. The first-order chi connectivity index (χ1) is 26.0. The minimum atomic E-state index is -1.64. The normalized spacial score (nSPS) is 26.9. The first kappa shape index (κ1) is 40.7. The van der Waals surface area contributed by atoms with E-state index < -0.39 is 40.4 Å². The summed E-state index contributed by atoms with van der Waals surface area (Å²) in [5.41, 5.74) is 0.531. The van der Waals surface area contributed by atoms with Crippen molar-refractivity contribution in [2.45, 2.75) is 117 Å². The van der Waals surface area contributed by atoms with Gasteiger partial charge in [0.05, 0.1) is 25.4 Å². The summed E-state index contributed by atoms with van der Waals surface area (Å²) < 4.78 is 25.0. The molecule has 55 heavy (non-hydrogen) atoms. The number of phenolic OH excluding ortho intramolecular Hbond substituents is 2. The third-order valence-electron chi connectivity index (χ3n) is 12.1. The number of benzene rings is 1. The zero-order chi connectivity index (χ0) is 39.9. The molecule has 1 spiro atoms. The molecular weight excluding hydrogens is 698 g/mol. The van der Waals surface area contributed by atoms with E-state index >= 15 is 0 Å². The lowest BCUT2D eigenvalue weighted by Crippen LogP contribution is -2.72. The smallest absolute Gasteiger partial charge is 0.333 e. The molecule has 4 atom stereocenters. The lowest BCUT2D eigenvalue weighted by Gasteiger charge is -2.56. The summed E-state index contributed by atoms with van der Waals surface area (Å²) >= 11 is 0. The zero-order valence-electron chi connectivity index (χ0n) is 33.9. The van der Waals surface area contributed by atoms with Crippen molar-refractivity contribution in [2.24, 2.45) is 11.8 Å². The van der Waals surface area contributed by atoms with E-state index in [1.807, 2.05) is 46.8 Å². The SMILES string of the molecule is CC(C)=CCC/C(C)=C/Cc1c(O)c(CC=C(C)C)c2c(c1O)C(=O)C1=CC3CC4C(C)(C)OC(C/C=C(/C)C(=O)OCCCN5CCOCC5)(C3=O)C14O2. The molecular formula is C45H59NO9. The van der Waals surface area contributed by atoms with Crippen LogP contribution in [0.15, 0.2) is 58.2 Å². The average Bonchev–Trinajstić information content (AvgIpc) is 3.29. The molecule has 0 amide bonds. The number of hydrogen-bond donors (Lipinski definition) is 2. The number of carbonyl (C=O) groups excluding carboxylic acids is 3. The summed E-state index contributed by atoms with van der Waals surface area (Å²) in [6, 6.07) is 0. The fraction of sp³-hybridized carbons (Fsp3) is 0.578. The molecule has 3 aliphatic carbocycles. The maximum Gasteiger partial charge on any atom is 0.333 e. The summed E-state index contributed by atoms with van der Waals surface area (Å²) in [6.07, 6.45) is 12.7. The third-order valence-corrected chi connectivity index (χ3v) is 12.1. The number of rotatable bonds is 14. The number of carbonyl (C=O) groups is 3. The molecule has 4 bridgehead atoms. The number of Topliss-reactive ketones (excluding diaryl/α,β-unsaturated/α-hetero) is 2. The van der Waals surface area contributed by atoms with Gasteiger partial charge in [-0.05, 0) is 93.9 Å². The lowest BCUT2D eigenvalue weighted by atomic mass is 9.51. The second-order valence-electron chi connectivity index (χ2n) is 17.0. The van der Waals surface area contributed by atoms with Gasteiger partial charge in [-0.3, -0.25) is 14.5 Å². The van der Waals surface area contributed by atoms with E-state index in [9.17, 15) is 24.6 Å². The fourth-order valence-corrected chi connectivity index (χ4v) is 9.19. The Morgan fingerprint density at radius 3 is 2.33 bits per heavy atom. The highest BCUT2D eigenvalue weighted by Crippen LogP contribution is 2.68. The summed E-state index contributed by atoms with van der Waals surface area (Å²) in [7, 11) is 0. The number of hydrogen-bond acceptors (Lipinski definition) is 10. The summed E-state index contributed by atoms with van der Waals surface area (Å²) in [6.45, 7) is 19.7. The van der Waals surface area contributed by atoms with Gasteiger partial charge < -0.3 is 29.2 Å². The van der Waals surface area contributed by atoms with Crippen molar-refractivity contribution in [3.8, 4) is 17.2 Å². The molecule has 0 radical (unpaired) electrons. The predicted octanol–water partition coefficient (Wildman–Crippen LogP) is 7.45. The Morgan fingerprint density at radius 2 is 1.64 bits per heavy atom. The van der Waals surface area contributed by atoms with Crippen molar-refractivity contribution >= 4 is 17.5 Å². The lowest BCUT2D eigenvalue weighted by molar-refractivity contribution is -0.171. The molecule has 7 rings (SSSR count). The standard InChI is InChI=1S/C45H59NO9/c1-27(2)11-9-12-29(5)14-16-32-37(47)33(15-13-28(3)4)40-36(38(32)48)39(49)34-25-31-26-35-43(7,8)55-44(41(31)50,45(34,35)54-40)18-17-30(6)42(51)53-22-10-19-46-20-23-52-24-21-46/h11,13-14,17,25,31,35,47-48H,9-10,12,15-16,18-24,26H2,1-8H3/b29-14+,30-17-. The Morgan fingerprint density at radius 1 is 0.945 bits per heavy atom. The minimum Gasteiger partial charge on any atom is -0.507 e. The summed E-state index contributed by atoms with van der Waals surface area (Å²) in [4.78, 5) is 45.0. The van der Waals surface area contributed by atoms with Crippen molar-refractivity contribution in [3.63, 3.8) is 0 Å². The maximum absolute atomic E-state index is 14.9. The summed E-state index contributed by atoms with van der Waals surface area (Å²) in [5.74, 6) is -2.51. The van der Waals surface area contributed by atoms with Crippen LogP contribution in [0.4, 0.5) is 0 Å². The van der Waals surface area contributed by atoms with Crippen LogP contribution in [0.1, 0.15) is 109 Å². The van der Waals surface area contributed by atoms with Crippen LogP contribution in [0, 0.1) is 11.8 Å². The van der Waals surface area contributed by atoms with Gasteiger partial charge in [-0.2, -0.15) is 0 Å². The van der Waals surface area contributed by atoms with E-state index in [0.29, 0.717) is 37.2 Å². The van der Waals surface area contributed by atoms with Crippen molar-refractivity contribution in [3.05, 3.63) is 74.9 Å². The van der Waals surface area contributed by atoms with Gasteiger partial charge >= 0.3 is 5.97 Å². The Hall–Kier alpha value is -3.99. The van der Waals surface area contributed by atoms with Gasteiger partial charge in [0.2, 0.25) is 0 Å². The van der Waals surface area contributed by atoms with Crippen molar-refractivity contribution in [1.82, 2.24) is 4.90 Å². The highest BCUT2D eigenvalue weighted by molar-refractivity contribution is 6.18. The molecule has 0 aromatic heterocycles. The van der Waals surface area contributed by atoms with Crippen molar-refractivity contribution in [1.29, 1.82) is 0 Å². The fourth-order valence-electron chi connectivity index (χ4n) is 9.19. The van der Waals surface area contributed by atoms with Crippen LogP contribution in [-0.2, 0) is 36.6 Å². The van der Waals surface area contributed by atoms with Gasteiger partial charge in [0.25, 0.3) is 0 Å². The van der Waals surface area contributed by atoms with Gasteiger partial charge in [-0.15, -0.1) is 0 Å². The molecule has 1 aromatic carbocycles. The van der Waals surface area contributed by atoms with Crippen LogP contribution >= 0.6 is 0 Å². The maximum atomic E-state index is 14.9. The Kier molecular flexibility index (Phi) is 11.7. The van der Waals surface area contributed by atoms with E-state index in [-0.39, 0.29) is 65.6 Å². The number of morpholine rings is 1.